The van der Waals surface area contributed by atoms with Crippen molar-refractivity contribution in [2.45, 2.75) is 6.42 Å². The van der Waals surface area contributed by atoms with Gasteiger partial charge in [-0.2, -0.15) is 0 Å². The molecule has 0 bridgehead atoms. The Kier molecular flexibility index (Phi) is 2.78. The lowest BCUT2D eigenvalue weighted by Gasteiger charge is -2.26. The summed E-state index contributed by atoms with van der Waals surface area (Å²) in [6, 6.07) is 19.6. The summed E-state index contributed by atoms with van der Waals surface area (Å²) in [5, 5.41) is 2.97. The van der Waals surface area contributed by atoms with E-state index < -0.39 is 0 Å². The molecule has 1 heterocycles. The summed E-state index contributed by atoms with van der Waals surface area (Å²) in [4.78, 5) is 0. The molecule has 0 unspecified atom stereocenters. The average molecular weight is 270 g/mol. The first kappa shape index (κ1) is 11.7. The number of fused-ring (bicyclic) bond motifs is 2. The Balaban J connectivity index is 2.03. The Labute approximate surface area is 122 Å². The van der Waals surface area contributed by atoms with Crippen molar-refractivity contribution in [3.05, 3.63) is 94.7 Å². The van der Waals surface area contributed by atoms with Gasteiger partial charge in [0.05, 0.1) is 0 Å². The molecule has 94 valence electrons. The average Bonchev–Trinajstić information content (AvgIpc) is 2.53. The third-order valence-electron chi connectivity index (χ3n) is 3.83. The highest BCUT2D eigenvalue weighted by atomic mass is 28.2. The zero-order chi connectivity index (χ0) is 13.4. The number of rotatable bonds is 1. The number of benzene rings is 2. The maximum absolute atomic E-state index is 2.38. The zero-order valence-corrected chi connectivity index (χ0v) is 12.1. The van der Waals surface area contributed by atoms with Crippen molar-refractivity contribution in [1.29, 1.82) is 0 Å². The highest BCUT2D eigenvalue weighted by molar-refractivity contribution is 6.65. The Morgan fingerprint density at radius 2 is 1.65 bits per heavy atom. The van der Waals surface area contributed by atoms with E-state index in [0.29, 0.717) is 0 Å². The first-order valence-corrected chi connectivity index (χ1v) is 7.97. The normalized spacial score (nSPS) is 16.5. The van der Waals surface area contributed by atoms with Crippen molar-refractivity contribution in [3.63, 3.8) is 0 Å². The second kappa shape index (κ2) is 4.77. The van der Waals surface area contributed by atoms with Gasteiger partial charge in [-0.1, -0.05) is 83.2 Å². The van der Waals surface area contributed by atoms with Crippen LogP contribution in [0.3, 0.4) is 0 Å². The SMILES string of the molecule is C1=CC2=C(c3ccccc3)c3ccccc3[Si]C2=CC1. The molecule has 1 heteroatoms. The Morgan fingerprint density at radius 1 is 0.850 bits per heavy atom. The van der Waals surface area contributed by atoms with Crippen LogP contribution < -0.4 is 5.19 Å². The summed E-state index contributed by atoms with van der Waals surface area (Å²) in [5.41, 5.74) is 5.52. The van der Waals surface area contributed by atoms with Gasteiger partial charge in [0.2, 0.25) is 0 Å². The molecular weight excluding hydrogens is 256 g/mol. The van der Waals surface area contributed by atoms with Gasteiger partial charge in [0.25, 0.3) is 0 Å². The van der Waals surface area contributed by atoms with Crippen LogP contribution in [0.5, 0.6) is 0 Å². The molecule has 0 spiro atoms. The second-order valence-corrected chi connectivity index (χ2v) is 6.41. The van der Waals surface area contributed by atoms with Crippen LogP contribution in [0.2, 0.25) is 0 Å². The molecule has 0 saturated heterocycles. The zero-order valence-electron chi connectivity index (χ0n) is 11.1. The van der Waals surface area contributed by atoms with E-state index in [1.807, 2.05) is 0 Å². The van der Waals surface area contributed by atoms with E-state index in [4.69, 9.17) is 0 Å². The predicted molar refractivity (Wildman–Crippen MR) is 86.1 cm³/mol. The van der Waals surface area contributed by atoms with E-state index in [9.17, 15) is 0 Å². The summed E-state index contributed by atoms with van der Waals surface area (Å²) in [5.74, 6) is 0. The van der Waals surface area contributed by atoms with Crippen LogP contribution in [0.1, 0.15) is 17.5 Å². The van der Waals surface area contributed by atoms with Crippen molar-refractivity contribution < 1.29 is 0 Å². The fourth-order valence-electron chi connectivity index (χ4n) is 2.92. The molecule has 0 atom stereocenters. The summed E-state index contributed by atoms with van der Waals surface area (Å²) >= 11 is 0. The van der Waals surface area contributed by atoms with E-state index in [1.165, 1.54) is 32.7 Å². The fraction of sp³-hybridized carbons (Fsp3) is 0.0526. The minimum absolute atomic E-state index is 0.785. The van der Waals surface area contributed by atoms with E-state index in [2.05, 4.69) is 72.8 Å². The first-order chi connectivity index (χ1) is 9.93. The Hall–Kier alpha value is -2.12. The van der Waals surface area contributed by atoms with Crippen LogP contribution in [0.4, 0.5) is 0 Å². The Bertz CT molecular complexity index is 748. The first-order valence-electron chi connectivity index (χ1n) is 6.97. The highest BCUT2D eigenvalue weighted by Crippen LogP contribution is 2.34. The molecule has 2 aliphatic rings. The molecule has 1 aliphatic carbocycles. The molecule has 0 amide bonds. The third-order valence-corrected chi connectivity index (χ3v) is 5.28. The minimum atomic E-state index is 0.785. The van der Waals surface area contributed by atoms with Crippen molar-refractivity contribution >= 4 is 20.3 Å². The monoisotopic (exact) mass is 270 g/mol. The molecule has 2 radical (unpaired) electrons. The molecule has 2 aromatic carbocycles. The number of hydrogen-bond donors (Lipinski definition) is 0. The topological polar surface area (TPSA) is 0 Å². The lowest BCUT2D eigenvalue weighted by Crippen LogP contribution is -2.27. The highest BCUT2D eigenvalue weighted by Gasteiger charge is 2.23. The minimum Gasteiger partial charge on any atom is -0.0810 e. The summed E-state index contributed by atoms with van der Waals surface area (Å²) in [6.45, 7) is 0. The van der Waals surface area contributed by atoms with E-state index >= 15 is 0 Å². The molecule has 1 aliphatic heterocycles. The number of allylic oxidation sites excluding steroid dienone is 5. The van der Waals surface area contributed by atoms with Crippen LogP contribution in [-0.2, 0) is 0 Å². The van der Waals surface area contributed by atoms with Crippen LogP contribution >= 0.6 is 0 Å². The quantitative estimate of drug-likeness (QED) is 0.694. The smallest absolute Gasteiger partial charge is 0.0810 e. The lowest BCUT2D eigenvalue weighted by molar-refractivity contribution is 1.31. The van der Waals surface area contributed by atoms with Crippen molar-refractivity contribution in [2.24, 2.45) is 0 Å². The second-order valence-electron chi connectivity index (χ2n) is 5.08. The number of hydrogen-bond acceptors (Lipinski definition) is 0. The summed E-state index contributed by atoms with van der Waals surface area (Å²) < 4.78 is 0. The van der Waals surface area contributed by atoms with Crippen LogP contribution in [0.15, 0.2) is 83.6 Å². The van der Waals surface area contributed by atoms with Crippen molar-refractivity contribution in [1.82, 2.24) is 0 Å². The van der Waals surface area contributed by atoms with Gasteiger partial charge in [-0.15, -0.1) is 0 Å². The van der Waals surface area contributed by atoms with Crippen molar-refractivity contribution in [2.75, 3.05) is 0 Å². The van der Waals surface area contributed by atoms with Gasteiger partial charge >= 0.3 is 0 Å². The third kappa shape index (κ3) is 1.83. The molecule has 0 saturated carbocycles. The fourth-order valence-corrected chi connectivity index (χ4v) is 4.30. The molecule has 0 fully saturated rings. The maximum Gasteiger partial charge on any atom is 0.122 e. The molecule has 0 aromatic heterocycles. The largest absolute Gasteiger partial charge is 0.122 e. The molecule has 2 aromatic rings. The van der Waals surface area contributed by atoms with Crippen LogP contribution in [0, 0.1) is 0 Å². The van der Waals surface area contributed by atoms with Gasteiger partial charge < -0.3 is 0 Å². The maximum atomic E-state index is 2.38. The lowest BCUT2D eigenvalue weighted by atomic mass is 9.90. The van der Waals surface area contributed by atoms with E-state index in [0.717, 1.165) is 15.9 Å². The van der Waals surface area contributed by atoms with Gasteiger partial charge in [0, 0.05) is 0 Å². The van der Waals surface area contributed by atoms with Gasteiger partial charge in [-0.3, -0.25) is 0 Å². The summed E-state index contributed by atoms with van der Waals surface area (Å²) in [6.07, 6.45) is 8.02. The van der Waals surface area contributed by atoms with Crippen molar-refractivity contribution in [3.8, 4) is 0 Å². The van der Waals surface area contributed by atoms with Gasteiger partial charge in [-0.05, 0) is 28.7 Å². The molecule has 0 N–H and O–H groups in total. The standard InChI is InChI=1S/C19H14Si/c1-2-8-14(9-3-1)19-15-10-4-6-12-17(15)20-18-13-7-5-11-16(18)19/h1-6,8-13H,7H2. The van der Waals surface area contributed by atoms with Gasteiger partial charge in [0.15, 0.2) is 0 Å². The molecular formula is C19H14Si. The summed E-state index contributed by atoms with van der Waals surface area (Å²) in [7, 11) is 0.785. The van der Waals surface area contributed by atoms with Gasteiger partial charge in [0.1, 0.15) is 9.52 Å². The van der Waals surface area contributed by atoms with E-state index in [1.54, 1.807) is 0 Å². The predicted octanol–water partition coefficient (Wildman–Crippen LogP) is 3.68. The molecule has 0 nitrogen and oxygen atoms in total. The van der Waals surface area contributed by atoms with Crippen LogP contribution in [-0.4, -0.2) is 9.52 Å². The Morgan fingerprint density at radius 3 is 2.55 bits per heavy atom. The molecule has 20 heavy (non-hydrogen) atoms. The van der Waals surface area contributed by atoms with Crippen LogP contribution in [0.25, 0.3) is 5.57 Å². The van der Waals surface area contributed by atoms with Gasteiger partial charge in [-0.25, -0.2) is 0 Å². The molecule has 4 rings (SSSR count). The van der Waals surface area contributed by atoms with E-state index in [-0.39, 0.29) is 0 Å².